The Balaban J connectivity index is 2.07. The molecule has 0 spiro atoms. The summed E-state index contributed by atoms with van der Waals surface area (Å²) in [4.78, 5) is 0. The Morgan fingerprint density at radius 2 is 2.12 bits per heavy atom. The number of hydrogen-bond acceptors (Lipinski definition) is 2. The van der Waals surface area contributed by atoms with Gasteiger partial charge in [0.05, 0.1) is 0 Å². The molecule has 0 bridgehead atoms. The van der Waals surface area contributed by atoms with Gasteiger partial charge in [0.1, 0.15) is 0 Å². The largest absolute Gasteiger partial charge is 0.381 e. The lowest BCUT2D eigenvalue weighted by atomic mass is 10.3. The maximum Gasteiger partial charge on any atom is 0.0478 e. The van der Waals surface area contributed by atoms with Crippen molar-refractivity contribution in [2.45, 2.75) is 46.2 Å². The van der Waals surface area contributed by atoms with Crippen LogP contribution in [0.5, 0.6) is 0 Å². The van der Waals surface area contributed by atoms with Crippen LogP contribution in [-0.4, -0.2) is 24.3 Å². The molecule has 0 aliphatic rings. The molecule has 0 saturated carbocycles. The third-order valence-corrected chi connectivity index (χ3v) is 2.68. The van der Waals surface area contributed by atoms with Gasteiger partial charge < -0.3 is 14.6 Å². The van der Waals surface area contributed by atoms with Crippen molar-refractivity contribution in [2.75, 3.05) is 19.8 Å². The molecule has 0 aromatic carbocycles. The molecule has 0 aliphatic heterocycles. The molecular weight excluding hydrogens is 212 g/mol. The predicted octanol–water partition coefficient (Wildman–Crippen LogP) is 2.80. The van der Waals surface area contributed by atoms with Gasteiger partial charge in [-0.1, -0.05) is 13.8 Å². The molecule has 0 saturated heterocycles. The summed E-state index contributed by atoms with van der Waals surface area (Å²) in [7, 11) is 0. The van der Waals surface area contributed by atoms with Gasteiger partial charge in [0.15, 0.2) is 0 Å². The first-order valence-electron chi connectivity index (χ1n) is 6.81. The normalized spacial score (nSPS) is 10.9. The van der Waals surface area contributed by atoms with E-state index in [0.29, 0.717) is 0 Å². The average Bonchev–Trinajstić information content (AvgIpc) is 2.76. The van der Waals surface area contributed by atoms with Crippen LogP contribution in [0.4, 0.5) is 0 Å². The van der Waals surface area contributed by atoms with E-state index < -0.39 is 0 Å². The van der Waals surface area contributed by atoms with Gasteiger partial charge in [0, 0.05) is 38.2 Å². The van der Waals surface area contributed by atoms with Crippen LogP contribution in [0.15, 0.2) is 18.3 Å². The van der Waals surface area contributed by atoms with Crippen molar-refractivity contribution >= 4 is 0 Å². The van der Waals surface area contributed by atoms with Gasteiger partial charge in [-0.25, -0.2) is 0 Å². The molecule has 1 aromatic rings. The van der Waals surface area contributed by atoms with Gasteiger partial charge in [0.2, 0.25) is 0 Å². The van der Waals surface area contributed by atoms with Crippen molar-refractivity contribution in [3.05, 3.63) is 24.0 Å². The molecule has 0 unspecified atom stereocenters. The van der Waals surface area contributed by atoms with E-state index in [0.717, 1.165) is 45.7 Å². The summed E-state index contributed by atoms with van der Waals surface area (Å²) >= 11 is 0. The fraction of sp³-hybridized carbons (Fsp3) is 0.714. The monoisotopic (exact) mass is 238 g/mol. The van der Waals surface area contributed by atoms with Gasteiger partial charge >= 0.3 is 0 Å². The highest BCUT2D eigenvalue weighted by Crippen LogP contribution is 2.03. The molecule has 1 aromatic heterocycles. The lowest BCUT2D eigenvalue weighted by molar-refractivity contribution is 0.132. The second-order valence-corrected chi connectivity index (χ2v) is 4.34. The molecule has 17 heavy (non-hydrogen) atoms. The Bertz CT molecular complexity index is 284. The van der Waals surface area contributed by atoms with E-state index >= 15 is 0 Å². The van der Waals surface area contributed by atoms with Crippen LogP contribution in [0, 0.1) is 0 Å². The van der Waals surface area contributed by atoms with Crippen molar-refractivity contribution in [1.29, 1.82) is 0 Å². The van der Waals surface area contributed by atoms with E-state index in [1.165, 1.54) is 12.1 Å². The highest BCUT2D eigenvalue weighted by atomic mass is 16.5. The number of nitrogens with zero attached hydrogens (tertiary/aromatic N) is 1. The average molecular weight is 238 g/mol. The summed E-state index contributed by atoms with van der Waals surface area (Å²) < 4.78 is 7.76. The third-order valence-electron chi connectivity index (χ3n) is 2.68. The molecule has 1 rings (SSSR count). The molecule has 0 fully saturated rings. The molecule has 0 aliphatic carbocycles. The summed E-state index contributed by atoms with van der Waals surface area (Å²) in [6.07, 6.45) is 5.55. The van der Waals surface area contributed by atoms with Crippen LogP contribution < -0.4 is 5.32 Å². The zero-order chi connectivity index (χ0) is 12.3. The second kappa shape index (κ2) is 9.25. The Morgan fingerprint density at radius 1 is 1.24 bits per heavy atom. The maximum absolute atomic E-state index is 5.44. The summed E-state index contributed by atoms with van der Waals surface area (Å²) in [6, 6.07) is 4.31. The number of aromatic nitrogens is 1. The standard InChI is InChI=1S/C14H26N2O/c1-3-9-16-10-5-7-14(16)13-15-8-6-12-17-11-4-2/h5,7,10,15H,3-4,6,8-9,11-13H2,1-2H3. The summed E-state index contributed by atoms with van der Waals surface area (Å²) in [5.41, 5.74) is 1.38. The van der Waals surface area contributed by atoms with Gasteiger partial charge in [-0.3, -0.25) is 0 Å². The molecule has 0 radical (unpaired) electrons. The highest BCUT2D eigenvalue weighted by molar-refractivity contribution is 5.06. The van der Waals surface area contributed by atoms with Crippen molar-refractivity contribution in [3.63, 3.8) is 0 Å². The molecule has 0 atom stereocenters. The van der Waals surface area contributed by atoms with E-state index in [2.05, 4.69) is 42.1 Å². The summed E-state index contributed by atoms with van der Waals surface area (Å²) in [5.74, 6) is 0. The Labute approximate surface area is 105 Å². The number of nitrogens with one attached hydrogen (secondary N) is 1. The zero-order valence-electron chi connectivity index (χ0n) is 11.2. The second-order valence-electron chi connectivity index (χ2n) is 4.34. The van der Waals surface area contributed by atoms with Crippen LogP contribution in [0.25, 0.3) is 0 Å². The van der Waals surface area contributed by atoms with E-state index in [1.807, 2.05) is 0 Å². The minimum atomic E-state index is 0.872. The molecule has 3 heteroatoms. The minimum absolute atomic E-state index is 0.872. The topological polar surface area (TPSA) is 26.2 Å². The maximum atomic E-state index is 5.44. The Kier molecular flexibility index (Phi) is 7.76. The lowest BCUT2D eigenvalue weighted by Gasteiger charge is -2.09. The van der Waals surface area contributed by atoms with Crippen LogP contribution in [-0.2, 0) is 17.8 Å². The van der Waals surface area contributed by atoms with Crippen LogP contribution in [0.2, 0.25) is 0 Å². The van der Waals surface area contributed by atoms with Gasteiger partial charge in [-0.2, -0.15) is 0 Å². The SMILES string of the molecule is CCCOCCCNCc1cccn1CCC. The predicted molar refractivity (Wildman–Crippen MR) is 72.2 cm³/mol. The number of rotatable bonds is 10. The fourth-order valence-corrected chi connectivity index (χ4v) is 1.83. The quantitative estimate of drug-likeness (QED) is 0.634. The van der Waals surface area contributed by atoms with E-state index in [9.17, 15) is 0 Å². The van der Waals surface area contributed by atoms with Crippen molar-refractivity contribution in [3.8, 4) is 0 Å². The van der Waals surface area contributed by atoms with E-state index in [4.69, 9.17) is 4.74 Å². The fourth-order valence-electron chi connectivity index (χ4n) is 1.83. The van der Waals surface area contributed by atoms with E-state index in [1.54, 1.807) is 0 Å². The van der Waals surface area contributed by atoms with Crippen molar-refractivity contribution in [1.82, 2.24) is 9.88 Å². The summed E-state index contributed by atoms with van der Waals surface area (Å²) in [6.45, 7) is 9.21. The van der Waals surface area contributed by atoms with Gasteiger partial charge in [-0.05, 0) is 37.9 Å². The number of ether oxygens (including phenoxy) is 1. The molecule has 1 N–H and O–H groups in total. The van der Waals surface area contributed by atoms with Gasteiger partial charge in [0.25, 0.3) is 0 Å². The highest BCUT2D eigenvalue weighted by Gasteiger charge is 1.98. The molecule has 98 valence electrons. The van der Waals surface area contributed by atoms with Crippen LogP contribution in [0.1, 0.15) is 38.8 Å². The molecule has 0 amide bonds. The van der Waals surface area contributed by atoms with Gasteiger partial charge in [-0.15, -0.1) is 0 Å². The first-order chi connectivity index (χ1) is 8.38. The smallest absolute Gasteiger partial charge is 0.0478 e. The third kappa shape index (κ3) is 5.89. The zero-order valence-corrected chi connectivity index (χ0v) is 11.2. The first-order valence-corrected chi connectivity index (χ1v) is 6.81. The Hall–Kier alpha value is -0.800. The van der Waals surface area contributed by atoms with Crippen LogP contribution in [0.3, 0.4) is 0 Å². The summed E-state index contributed by atoms with van der Waals surface area (Å²) in [5, 5.41) is 3.46. The van der Waals surface area contributed by atoms with Crippen molar-refractivity contribution in [2.24, 2.45) is 0 Å². The first kappa shape index (κ1) is 14.3. The minimum Gasteiger partial charge on any atom is -0.381 e. The number of aryl methyl sites for hydroxylation is 1. The lowest BCUT2D eigenvalue weighted by Crippen LogP contribution is -2.18. The molecule has 1 heterocycles. The molecule has 3 nitrogen and oxygen atoms in total. The van der Waals surface area contributed by atoms with E-state index in [-0.39, 0.29) is 0 Å². The van der Waals surface area contributed by atoms with Crippen LogP contribution >= 0.6 is 0 Å². The Morgan fingerprint density at radius 3 is 2.88 bits per heavy atom. The molecular formula is C14H26N2O. The number of hydrogen-bond donors (Lipinski definition) is 1. The van der Waals surface area contributed by atoms with Crippen molar-refractivity contribution < 1.29 is 4.74 Å².